The fourth-order valence-electron chi connectivity index (χ4n) is 2.51. The summed E-state index contributed by atoms with van der Waals surface area (Å²) in [6, 6.07) is 2.47. The molecule has 15 heavy (non-hydrogen) atoms. The van der Waals surface area contributed by atoms with E-state index in [1.807, 2.05) is 6.07 Å². The summed E-state index contributed by atoms with van der Waals surface area (Å²) in [5, 5.41) is 3.51. The molecule has 3 unspecified atom stereocenters. The molecular formula is C11H15N3O. The van der Waals surface area contributed by atoms with Gasteiger partial charge in [0.05, 0.1) is 17.9 Å². The molecule has 2 aliphatic heterocycles. The van der Waals surface area contributed by atoms with Crippen molar-refractivity contribution in [1.82, 2.24) is 15.3 Å². The lowest BCUT2D eigenvalue weighted by Gasteiger charge is -2.19. The quantitative estimate of drug-likeness (QED) is 0.796. The molecule has 80 valence electrons. The van der Waals surface area contributed by atoms with Crippen LogP contribution in [0.15, 0.2) is 18.6 Å². The predicted molar refractivity (Wildman–Crippen MR) is 55.2 cm³/mol. The van der Waals surface area contributed by atoms with Crippen molar-refractivity contribution >= 4 is 0 Å². The molecule has 2 bridgehead atoms. The van der Waals surface area contributed by atoms with Crippen LogP contribution < -0.4 is 5.32 Å². The third-order valence-electron chi connectivity index (χ3n) is 3.29. The first-order chi connectivity index (χ1) is 7.42. The molecule has 2 fully saturated rings. The van der Waals surface area contributed by atoms with Gasteiger partial charge >= 0.3 is 0 Å². The zero-order chi connectivity index (χ0) is 10.1. The zero-order valence-electron chi connectivity index (χ0n) is 8.60. The van der Waals surface area contributed by atoms with Crippen LogP contribution in [-0.4, -0.2) is 28.2 Å². The Morgan fingerprint density at radius 3 is 3.13 bits per heavy atom. The van der Waals surface area contributed by atoms with Crippen LogP contribution in [0.2, 0.25) is 0 Å². The number of nitrogens with one attached hydrogen (secondary N) is 1. The first kappa shape index (κ1) is 9.24. The minimum Gasteiger partial charge on any atom is -0.373 e. The third-order valence-corrected chi connectivity index (χ3v) is 3.29. The number of hydrogen-bond acceptors (Lipinski definition) is 4. The van der Waals surface area contributed by atoms with E-state index in [9.17, 15) is 0 Å². The van der Waals surface area contributed by atoms with E-state index in [-0.39, 0.29) is 0 Å². The number of nitrogens with zero attached hydrogens (tertiary/aromatic N) is 2. The van der Waals surface area contributed by atoms with E-state index in [0.29, 0.717) is 18.2 Å². The van der Waals surface area contributed by atoms with Crippen molar-refractivity contribution in [3.63, 3.8) is 0 Å². The lowest BCUT2D eigenvalue weighted by atomic mass is 9.95. The van der Waals surface area contributed by atoms with Gasteiger partial charge in [-0.25, -0.2) is 9.97 Å². The first-order valence-corrected chi connectivity index (χ1v) is 5.55. The molecule has 4 nitrogen and oxygen atoms in total. The Morgan fingerprint density at radius 2 is 2.47 bits per heavy atom. The second-order valence-electron chi connectivity index (χ2n) is 4.30. The summed E-state index contributed by atoms with van der Waals surface area (Å²) < 4.78 is 5.78. The van der Waals surface area contributed by atoms with Gasteiger partial charge in [0.2, 0.25) is 0 Å². The summed E-state index contributed by atoms with van der Waals surface area (Å²) in [4.78, 5) is 8.09. The molecule has 0 aromatic carbocycles. The molecule has 2 saturated heterocycles. The Morgan fingerprint density at radius 1 is 1.47 bits per heavy atom. The minimum atomic E-state index is 0.442. The van der Waals surface area contributed by atoms with Crippen molar-refractivity contribution < 1.29 is 4.74 Å². The minimum absolute atomic E-state index is 0.442. The van der Waals surface area contributed by atoms with Crippen LogP contribution in [0, 0.1) is 0 Å². The average Bonchev–Trinajstić information content (AvgIpc) is 2.89. The van der Waals surface area contributed by atoms with Gasteiger partial charge < -0.3 is 10.1 Å². The summed E-state index contributed by atoms with van der Waals surface area (Å²) in [6.07, 6.45) is 7.95. The molecule has 0 saturated carbocycles. The van der Waals surface area contributed by atoms with Gasteiger partial charge in [0.15, 0.2) is 0 Å². The average molecular weight is 205 g/mol. The monoisotopic (exact) mass is 205 g/mol. The lowest BCUT2D eigenvalue weighted by molar-refractivity contribution is 0.0972. The molecule has 0 amide bonds. The van der Waals surface area contributed by atoms with E-state index in [0.717, 1.165) is 18.7 Å². The van der Waals surface area contributed by atoms with Crippen LogP contribution in [0.3, 0.4) is 0 Å². The number of hydrogen-bond donors (Lipinski definition) is 1. The largest absolute Gasteiger partial charge is 0.373 e. The molecule has 1 N–H and O–H groups in total. The topological polar surface area (TPSA) is 47.0 Å². The molecule has 0 aliphatic carbocycles. The highest BCUT2D eigenvalue weighted by atomic mass is 16.5. The number of ether oxygens (including phenoxy) is 1. The van der Waals surface area contributed by atoms with Gasteiger partial charge in [0, 0.05) is 18.8 Å². The van der Waals surface area contributed by atoms with Gasteiger partial charge in [-0.05, 0) is 25.3 Å². The van der Waals surface area contributed by atoms with E-state index in [2.05, 4.69) is 15.3 Å². The molecule has 3 atom stereocenters. The Bertz CT molecular complexity index is 330. The maximum atomic E-state index is 5.78. The number of fused-ring (bicyclic) bond motifs is 2. The molecule has 1 aromatic heterocycles. The third kappa shape index (κ3) is 1.87. The normalized spacial score (nSPS) is 33.5. The molecule has 3 heterocycles. The Kier molecular flexibility index (Phi) is 2.38. The molecule has 4 heteroatoms. The molecule has 2 aliphatic rings. The molecule has 0 spiro atoms. The van der Waals surface area contributed by atoms with E-state index >= 15 is 0 Å². The van der Waals surface area contributed by atoms with Crippen LogP contribution in [0.1, 0.15) is 25.0 Å². The van der Waals surface area contributed by atoms with Crippen molar-refractivity contribution in [3.8, 4) is 0 Å². The molecular weight excluding hydrogens is 190 g/mol. The summed E-state index contributed by atoms with van der Waals surface area (Å²) in [5.74, 6) is 0. The highest BCUT2D eigenvalue weighted by Gasteiger charge is 2.40. The second kappa shape index (κ2) is 3.87. The van der Waals surface area contributed by atoms with Gasteiger partial charge in [-0.1, -0.05) is 0 Å². The van der Waals surface area contributed by atoms with E-state index in [1.54, 1.807) is 12.5 Å². The van der Waals surface area contributed by atoms with Crippen molar-refractivity contribution in [2.75, 3.05) is 0 Å². The maximum Gasteiger partial charge on any atom is 0.115 e. The lowest BCUT2D eigenvalue weighted by Crippen LogP contribution is -2.37. The number of rotatable bonds is 3. The van der Waals surface area contributed by atoms with Crippen LogP contribution in [0.5, 0.6) is 0 Å². The van der Waals surface area contributed by atoms with Crippen molar-refractivity contribution in [2.45, 2.75) is 44.1 Å². The standard InChI is InChI=1S/C11H15N3O/c1-2-11-10(5-9(1)15-11)13-6-8-3-4-12-7-14-8/h3-4,7,9-11,13H,1-2,5-6H2. The first-order valence-electron chi connectivity index (χ1n) is 5.55. The van der Waals surface area contributed by atoms with Gasteiger partial charge in [-0.2, -0.15) is 0 Å². The van der Waals surface area contributed by atoms with E-state index < -0.39 is 0 Å². The molecule has 3 rings (SSSR count). The smallest absolute Gasteiger partial charge is 0.115 e. The fraction of sp³-hybridized carbons (Fsp3) is 0.636. The highest BCUT2D eigenvalue weighted by Crippen LogP contribution is 2.34. The van der Waals surface area contributed by atoms with Crippen molar-refractivity contribution in [3.05, 3.63) is 24.3 Å². The van der Waals surface area contributed by atoms with Crippen LogP contribution in [-0.2, 0) is 11.3 Å². The summed E-state index contributed by atoms with van der Waals surface area (Å²) in [5.41, 5.74) is 1.05. The second-order valence-corrected chi connectivity index (χ2v) is 4.30. The molecule has 0 radical (unpaired) electrons. The Hall–Kier alpha value is -1.00. The van der Waals surface area contributed by atoms with Gasteiger partial charge in [-0.15, -0.1) is 0 Å². The van der Waals surface area contributed by atoms with E-state index in [4.69, 9.17) is 4.74 Å². The van der Waals surface area contributed by atoms with Crippen LogP contribution in [0.4, 0.5) is 0 Å². The van der Waals surface area contributed by atoms with Crippen molar-refractivity contribution in [2.24, 2.45) is 0 Å². The zero-order valence-corrected chi connectivity index (χ0v) is 8.60. The summed E-state index contributed by atoms with van der Waals surface area (Å²) in [7, 11) is 0. The van der Waals surface area contributed by atoms with Crippen LogP contribution >= 0.6 is 0 Å². The fourth-order valence-corrected chi connectivity index (χ4v) is 2.51. The summed E-state index contributed by atoms with van der Waals surface area (Å²) >= 11 is 0. The Labute approximate surface area is 89.1 Å². The van der Waals surface area contributed by atoms with Gasteiger partial charge in [-0.3, -0.25) is 0 Å². The predicted octanol–water partition coefficient (Wildman–Crippen LogP) is 0.886. The summed E-state index contributed by atoms with van der Waals surface area (Å²) in [6.45, 7) is 0.819. The maximum absolute atomic E-state index is 5.78. The van der Waals surface area contributed by atoms with Gasteiger partial charge in [0.25, 0.3) is 0 Å². The van der Waals surface area contributed by atoms with Gasteiger partial charge in [0.1, 0.15) is 6.33 Å². The SMILES string of the molecule is c1cc(CNC2CC3CCC2O3)ncn1. The van der Waals surface area contributed by atoms with E-state index in [1.165, 1.54) is 12.8 Å². The van der Waals surface area contributed by atoms with Crippen molar-refractivity contribution in [1.29, 1.82) is 0 Å². The Balaban J connectivity index is 1.55. The number of aromatic nitrogens is 2. The highest BCUT2D eigenvalue weighted by molar-refractivity contribution is 5.00. The molecule has 1 aromatic rings. The van der Waals surface area contributed by atoms with Crippen LogP contribution in [0.25, 0.3) is 0 Å².